The van der Waals surface area contributed by atoms with Gasteiger partial charge in [0, 0.05) is 57.1 Å². The predicted octanol–water partition coefficient (Wildman–Crippen LogP) is 1.65. The number of nitrogens with zero attached hydrogens (tertiary/aromatic N) is 2. The monoisotopic (exact) mass is 346 g/mol. The van der Waals surface area contributed by atoms with Gasteiger partial charge in [-0.05, 0) is 24.6 Å². The second-order valence-electron chi connectivity index (χ2n) is 7.12. The fraction of sp³-hybridized carbons (Fsp3) is 0.579. The van der Waals surface area contributed by atoms with Crippen LogP contribution in [0.4, 0.5) is 0 Å². The molecule has 0 aromatic heterocycles. The lowest BCUT2D eigenvalue weighted by Crippen LogP contribution is -2.50. The molecule has 6 heteroatoms. The topological polar surface area (TPSA) is 59.1 Å². The molecule has 2 aliphatic rings. The van der Waals surface area contributed by atoms with E-state index in [-0.39, 0.29) is 23.1 Å². The molecular weight excluding hydrogens is 320 g/mol. The molecule has 6 nitrogen and oxygen atoms in total. The summed E-state index contributed by atoms with van der Waals surface area (Å²) in [5, 5.41) is 0. The summed E-state index contributed by atoms with van der Waals surface area (Å²) in [7, 11) is 3.30. The molecule has 2 amide bonds. The van der Waals surface area contributed by atoms with Gasteiger partial charge in [0.05, 0.1) is 13.7 Å². The summed E-state index contributed by atoms with van der Waals surface area (Å²) in [6.45, 7) is 4.99. The van der Waals surface area contributed by atoms with Crippen LogP contribution in [0.15, 0.2) is 24.3 Å². The average molecular weight is 346 g/mol. The van der Waals surface area contributed by atoms with E-state index in [1.165, 1.54) is 0 Å². The molecule has 0 saturated carbocycles. The lowest BCUT2D eigenvalue weighted by Gasteiger charge is -2.43. The quantitative estimate of drug-likeness (QED) is 0.832. The van der Waals surface area contributed by atoms with Gasteiger partial charge < -0.3 is 19.3 Å². The van der Waals surface area contributed by atoms with Crippen LogP contribution in [0.1, 0.15) is 23.7 Å². The van der Waals surface area contributed by atoms with Crippen molar-refractivity contribution in [1.82, 2.24) is 9.80 Å². The van der Waals surface area contributed by atoms with Crippen LogP contribution in [0.25, 0.3) is 0 Å². The summed E-state index contributed by atoms with van der Waals surface area (Å²) in [4.78, 5) is 28.5. The molecule has 0 bridgehead atoms. The Labute approximate surface area is 148 Å². The highest BCUT2D eigenvalue weighted by atomic mass is 16.5. The second kappa shape index (κ2) is 7.04. The van der Waals surface area contributed by atoms with E-state index in [1.807, 2.05) is 28.0 Å². The Morgan fingerprint density at radius 3 is 2.68 bits per heavy atom. The van der Waals surface area contributed by atoms with E-state index >= 15 is 0 Å². The normalized spacial score (nSPS) is 25.6. The number of rotatable bonds is 4. The van der Waals surface area contributed by atoms with E-state index in [0.29, 0.717) is 37.6 Å². The number of hydrogen-bond donors (Lipinski definition) is 0. The third-order valence-corrected chi connectivity index (χ3v) is 5.61. The van der Waals surface area contributed by atoms with Gasteiger partial charge >= 0.3 is 0 Å². The van der Waals surface area contributed by atoms with Crippen LogP contribution in [0, 0.1) is 11.3 Å². The number of hydrogen-bond acceptors (Lipinski definition) is 4. The van der Waals surface area contributed by atoms with Crippen molar-refractivity contribution in [3.63, 3.8) is 0 Å². The van der Waals surface area contributed by atoms with Crippen molar-refractivity contribution in [3.8, 4) is 5.75 Å². The lowest BCUT2D eigenvalue weighted by atomic mass is 9.73. The summed E-state index contributed by atoms with van der Waals surface area (Å²) in [6, 6.07) is 7.25. The Bertz CT molecular complexity index is 663. The zero-order valence-corrected chi connectivity index (χ0v) is 15.2. The first-order valence-electron chi connectivity index (χ1n) is 8.67. The van der Waals surface area contributed by atoms with Crippen molar-refractivity contribution in [3.05, 3.63) is 29.8 Å². The van der Waals surface area contributed by atoms with Crippen LogP contribution in [-0.2, 0) is 9.53 Å². The zero-order valence-electron chi connectivity index (χ0n) is 15.2. The Morgan fingerprint density at radius 2 is 2.00 bits per heavy atom. The van der Waals surface area contributed by atoms with E-state index < -0.39 is 0 Å². The molecule has 2 saturated heterocycles. The van der Waals surface area contributed by atoms with Crippen molar-refractivity contribution in [2.24, 2.45) is 11.3 Å². The third-order valence-electron chi connectivity index (χ3n) is 5.61. The number of piperidine rings is 1. The van der Waals surface area contributed by atoms with Gasteiger partial charge in [-0.25, -0.2) is 0 Å². The van der Waals surface area contributed by atoms with E-state index in [4.69, 9.17) is 9.47 Å². The van der Waals surface area contributed by atoms with Gasteiger partial charge in [-0.2, -0.15) is 0 Å². The summed E-state index contributed by atoms with van der Waals surface area (Å²) in [5.41, 5.74) is 0.603. The summed E-state index contributed by atoms with van der Waals surface area (Å²) < 4.78 is 10.7. The summed E-state index contributed by atoms with van der Waals surface area (Å²) in [6.07, 6.45) is 0.852. The van der Waals surface area contributed by atoms with Crippen LogP contribution in [-0.4, -0.2) is 68.6 Å². The van der Waals surface area contributed by atoms with Gasteiger partial charge in [-0.15, -0.1) is 0 Å². The minimum atomic E-state index is -0.0361. The first-order chi connectivity index (χ1) is 12.0. The second-order valence-corrected chi connectivity index (χ2v) is 7.12. The third kappa shape index (κ3) is 3.35. The zero-order chi connectivity index (χ0) is 18.0. The van der Waals surface area contributed by atoms with Gasteiger partial charge in [0.1, 0.15) is 5.75 Å². The first kappa shape index (κ1) is 17.7. The van der Waals surface area contributed by atoms with Crippen molar-refractivity contribution < 1.29 is 19.1 Å². The van der Waals surface area contributed by atoms with Gasteiger partial charge in [0.25, 0.3) is 5.91 Å². The molecule has 2 aliphatic heterocycles. The highest BCUT2D eigenvalue weighted by Gasteiger charge is 2.50. The molecule has 0 unspecified atom stereocenters. The Kier molecular flexibility index (Phi) is 4.99. The van der Waals surface area contributed by atoms with Crippen LogP contribution in [0.3, 0.4) is 0 Å². The summed E-state index contributed by atoms with van der Waals surface area (Å²) in [5.74, 6) is 1.04. The van der Waals surface area contributed by atoms with E-state index in [1.54, 1.807) is 27.2 Å². The van der Waals surface area contributed by atoms with Crippen molar-refractivity contribution in [2.75, 3.05) is 47.0 Å². The molecule has 0 aliphatic carbocycles. The molecule has 2 heterocycles. The van der Waals surface area contributed by atoms with Crippen molar-refractivity contribution in [2.45, 2.75) is 13.3 Å². The molecule has 0 radical (unpaired) electrons. The number of carbonyl (C=O) groups excluding carboxylic acids is 2. The molecule has 1 aromatic carbocycles. The van der Waals surface area contributed by atoms with E-state index in [2.05, 4.69) is 0 Å². The molecule has 25 heavy (non-hydrogen) atoms. The minimum absolute atomic E-state index is 0.0196. The molecule has 136 valence electrons. The van der Waals surface area contributed by atoms with Gasteiger partial charge in [-0.1, -0.05) is 6.07 Å². The van der Waals surface area contributed by atoms with Gasteiger partial charge in [-0.3, -0.25) is 9.59 Å². The van der Waals surface area contributed by atoms with E-state index in [0.717, 1.165) is 13.0 Å². The number of fused-ring (bicyclic) bond motifs is 1. The number of likely N-dealkylation sites (tertiary alicyclic amines) is 2. The largest absolute Gasteiger partial charge is 0.497 e. The van der Waals surface area contributed by atoms with Gasteiger partial charge in [0.15, 0.2) is 0 Å². The maximum atomic E-state index is 12.9. The SMILES string of the molecule is COC[C@@]12CCN(C(=O)c3cccc(OC)c3)C[C@@H]1CN(C(C)=O)C2. The predicted molar refractivity (Wildman–Crippen MR) is 93.6 cm³/mol. The van der Waals surface area contributed by atoms with E-state index in [9.17, 15) is 9.59 Å². The average Bonchev–Trinajstić information content (AvgIpc) is 3.00. The smallest absolute Gasteiger partial charge is 0.253 e. The van der Waals surface area contributed by atoms with Crippen molar-refractivity contribution in [1.29, 1.82) is 0 Å². The highest BCUT2D eigenvalue weighted by molar-refractivity contribution is 5.94. The Balaban J connectivity index is 1.77. The maximum Gasteiger partial charge on any atom is 0.253 e. The maximum absolute atomic E-state index is 12.9. The Hall–Kier alpha value is -2.08. The summed E-state index contributed by atoms with van der Waals surface area (Å²) >= 11 is 0. The standard InChI is InChI=1S/C19H26N2O4/c1-14(22)21-11-16-10-20(8-7-19(16,12-21)13-24-2)18(23)15-5-4-6-17(9-15)25-3/h4-6,9,16H,7-8,10-13H2,1-3H3/t16-,19+/m1/s1. The van der Waals surface area contributed by atoms with Crippen LogP contribution >= 0.6 is 0 Å². The molecule has 1 aromatic rings. The highest BCUT2D eigenvalue weighted by Crippen LogP contribution is 2.43. The number of ether oxygens (including phenoxy) is 2. The number of amides is 2. The molecule has 2 fully saturated rings. The van der Waals surface area contributed by atoms with Gasteiger partial charge in [0.2, 0.25) is 5.91 Å². The van der Waals surface area contributed by atoms with Crippen molar-refractivity contribution >= 4 is 11.8 Å². The van der Waals surface area contributed by atoms with Crippen LogP contribution in [0.2, 0.25) is 0 Å². The van der Waals surface area contributed by atoms with Crippen LogP contribution < -0.4 is 4.74 Å². The number of benzene rings is 1. The molecular formula is C19H26N2O4. The fourth-order valence-corrected chi connectivity index (χ4v) is 4.17. The molecule has 0 N–H and O–H groups in total. The fourth-order valence-electron chi connectivity index (χ4n) is 4.17. The van der Waals surface area contributed by atoms with Crippen LogP contribution in [0.5, 0.6) is 5.75 Å². The molecule has 3 rings (SSSR count). The Morgan fingerprint density at radius 1 is 1.24 bits per heavy atom. The first-order valence-corrected chi connectivity index (χ1v) is 8.67. The lowest BCUT2D eigenvalue weighted by molar-refractivity contribution is -0.128. The number of methoxy groups -OCH3 is 2. The molecule has 2 atom stereocenters. The molecule has 0 spiro atoms. The minimum Gasteiger partial charge on any atom is -0.497 e. The number of carbonyl (C=O) groups is 2.